The minimum absolute atomic E-state index is 0.208. The predicted octanol–water partition coefficient (Wildman–Crippen LogP) is 2.15. The summed E-state index contributed by atoms with van der Waals surface area (Å²) in [5, 5.41) is 2.49. The van der Waals surface area contributed by atoms with Gasteiger partial charge in [0.05, 0.1) is 7.11 Å². The molecule has 0 bridgehead atoms. The van der Waals surface area contributed by atoms with Gasteiger partial charge in [0.1, 0.15) is 12.3 Å². The molecule has 0 unspecified atom stereocenters. The molecule has 1 aromatic carbocycles. The van der Waals surface area contributed by atoms with Gasteiger partial charge in [0, 0.05) is 18.7 Å². The van der Waals surface area contributed by atoms with Crippen LogP contribution in [0.1, 0.15) is 49.4 Å². The van der Waals surface area contributed by atoms with Crippen molar-refractivity contribution in [1.82, 2.24) is 10.2 Å². The Balaban J connectivity index is 1.80. The minimum Gasteiger partial charge on any atom is -0.497 e. The number of carbonyl (C=O) groups is 3. The van der Waals surface area contributed by atoms with Crippen LogP contribution in [0.4, 0.5) is 0 Å². The zero-order chi connectivity index (χ0) is 19.8. The summed E-state index contributed by atoms with van der Waals surface area (Å²) in [7, 11) is 3.27. The van der Waals surface area contributed by atoms with Crippen molar-refractivity contribution in [3.8, 4) is 5.75 Å². The summed E-state index contributed by atoms with van der Waals surface area (Å²) in [5.74, 6) is -0.724. The van der Waals surface area contributed by atoms with Crippen LogP contribution in [0.3, 0.4) is 0 Å². The molecule has 7 nitrogen and oxygen atoms in total. The maximum absolute atomic E-state index is 12.5. The van der Waals surface area contributed by atoms with E-state index in [0.29, 0.717) is 11.3 Å². The van der Waals surface area contributed by atoms with E-state index in [1.165, 1.54) is 13.5 Å². The van der Waals surface area contributed by atoms with Gasteiger partial charge in [-0.2, -0.15) is 0 Å². The SMILES string of the molecule is COc1cccc(C(=O)NCC(=O)O[C@H](C)C(=O)N(C)C2CCCCC2)c1. The van der Waals surface area contributed by atoms with E-state index in [9.17, 15) is 14.4 Å². The quantitative estimate of drug-likeness (QED) is 0.737. The fourth-order valence-electron chi connectivity index (χ4n) is 3.24. The number of methoxy groups -OCH3 is 1. The average Bonchev–Trinajstić information content (AvgIpc) is 2.71. The number of nitrogens with zero attached hydrogens (tertiary/aromatic N) is 1. The Morgan fingerprint density at radius 2 is 1.93 bits per heavy atom. The van der Waals surface area contributed by atoms with Crippen LogP contribution < -0.4 is 10.1 Å². The second-order valence-corrected chi connectivity index (χ2v) is 6.79. The van der Waals surface area contributed by atoms with Crippen molar-refractivity contribution >= 4 is 17.8 Å². The van der Waals surface area contributed by atoms with Crippen molar-refractivity contribution in [3.63, 3.8) is 0 Å². The van der Waals surface area contributed by atoms with E-state index >= 15 is 0 Å². The molecule has 1 saturated carbocycles. The first-order valence-electron chi connectivity index (χ1n) is 9.30. The molecule has 1 fully saturated rings. The Bertz CT molecular complexity index is 670. The number of rotatable bonds is 7. The van der Waals surface area contributed by atoms with E-state index in [-0.39, 0.29) is 18.5 Å². The van der Waals surface area contributed by atoms with Gasteiger partial charge in [0.2, 0.25) is 0 Å². The van der Waals surface area contributed by atoms with Crippen molar-refractivity contribution < 1.29 is 23.9 Å². The number of carbonyl (C=O) groups excluding carboxylic acids is 3. The van der Waals surface area contributed by atoms with Gasteiger partial charge in [-0.3, -0.25) is 14.4 Å². The van der Waals surface area contributed by atoms with Crippen LogP contribution in [0.15, 0.2) is 24.3 Å². The van der Waals surface area contributed by atoms with E-state index in [2.05, 4.69) is 5.32 Å². The van der Waals surface area contributed by atoms with Crippen molar-refractivity contribution in [2.75, 3.05) is 20.7 Å². The fraction of sp³-hybridized carbons (Fsp3) is 0.550. The van der Waals surface area contributed by atoms with Crippen LogP contribution in [0.2, 0.25) is 0 Å². The third-order valence-corrected chi connectivity index (χ3v) is 4.85. The molecule has 27 heavy (non-hydrogen) atoms. The maximum atomic E-state index is 12.5. The normalized spacial score (nSPS) is 15.5. The lowest BCUT2D eigenvalue weighted by Gasteiger charge is -2.32. The number of hydrogen-bond acceptors (Lipinski definition) is 5. The van der Waals surface area contributed by atoms with Gasteiger partial charge < -0.3 is 19.7 Å². The van der Waals surface area contributed by atoms with Gasteiger partial charge in [-0.05, 0) is 38.0 Å². The largest absolute Gasteiger partial charge is 0.497 e. The third kappa shape index (κ3) is 5.98. The lowest BCUT2D eigenvalue weighted by molar-refractivity contribution is -0.158. The zero-order valence-corrected chi connectivity index (χ0v) is 16.2. The smallest absolute Gasteiger partial charge is 0.326 e. The first-order valence-corrected chi connectivity index (χ1v) is 9.30. The summed E-state index contributed by atoms with van der Waals surface area (Å²) >= 11 is 0. The molecule has 148 valence electrons. The minimum atomic E-state index is -0.877. The molecule has 0 radical (unpaired) electrons. The topological polar surface area (TPSA) is 84.9 Å². The summed E-state index contributed by atoms with van der Waals surface area (Å²) in [6.07, 6.45) is 4.53. The first-order chi connectivity index (χ1) is 12.9. The van der Waals surface area contributed by atoms with Crippen LogP contribution in [-0.4, -0.2) is 55.5 Å². The monoisotopic (exact) mass is 376 g/mol. The Hall–Kier alpha value is -2.57. The second kappa shape index (κ2) is 9.94. The predicted molar refractivity (Wildman–Crippen MR) is 101 cm³/mol. The van der Waals surface area contributed by atoms with E-state index in [4.69, 9.17) is 9.47 Å². The molecule has 0 heterocycles. The highest BCUT2D eigenvalue weighted by atomic mass is 16.5. The summed E-state index contributed by atoms with van der Waals surface area (Å²) in [6.45, 7) is 1.25. The average molecular weight is 376 g/mol. The Morgan fingerprint density at radius 3 is 2.59 bits per heavy atom. The number of likely N-dealkylation sites (N-methyl/N-ethyl adjacent to an activating group) is 1. The fourth-order valence-corrected chi connectivity index (χ4v) is 3.24. The maximum Gasteiger partial charge on any atom is 0.326 e. The Morgan fingerprint density at radius 1 is 1.22 bits per heavy atom. The first kappa shape index (κ1) is 20.7. The third-order valence-electron chi connectivity index (χ3n) is 4.85. The molecule has 0 aliphatic heterocycles. The molecule has 1 aliphatic rings. The molecule has 0 saturated heterocycles. The van der Waals surface area contributed by atoms with E-state index in [1.807, 2.05) is 0 Å². The molecule has 1 aromatic rings. The van der Waals surface area contributed by atoms with E-state index in [0.717, 1.165) is 25.7 Å². The Labute approximate surface area is 160 Å². The molecular weight excluding hydrogens is 348 g/mol. The van der Waals surface area contributed by atoms with Crippen LogP contribution in [0.25, 0.3) is 0 Å². The number of benzene rings is 1. The number of amides is 2. The summed E-state index contributed by atoms with van der Waals surface area (Å²) in [4.78, 5) is 38.2. The van der Waals surface area contributed by atoms with Gasteiger partial charge in [-0.25, -0.2) is 0 Å². The molecule has 1 atom stereocenters. The highest BCUT2D eigenvalue weighted by Gasteiger charge is 2.27. The molecule has 0 aromatic heterocycles. The Kier molecular flexibility index (Phi) is 7.64. The molecule has 2 rings (SSSR count). The molecule has 2 amide bonds. The lowest BCUT2D eigenvalue weighted by Crippen LogP contribution is -2.45. The van der Waals surface area contributed by atoms with Crippen LogP contribution in [-0.2, 0) is 14.3 Å². The summed E-state index contributed by atoms with van der Waals surface area (Å²) in [5.41, 5.74) is 0.378. The zero-order valence-electron chi connectivity index (χ0n) is 16.2. The van der Waals surface area contributed by atoms with Gasteiger partial charge in [-0.1, -0.05) is 25.3 Å². The van der Waals surface area contributed by atoms with Gasteiger partial charge in [0.15, 0.2) is 6.10 Å². The number of hydrogen-bond donors (Lipinski definition) is 1. The van der Waals surface area contributed by atoms with Crippen molar-refractivity contribution in [2.45, 2.75) is 51.2 Å². The van der Waals surface area contributed by atoms with E-state index < -0.39 is 18.0 Å². The van der Waals surface area contributed by atoms with Crippen molar-refractivity contribution in [3.05, 3.63) is 29.8 Å². The highest BCUT2D eigenvalue weighted by Crippen LogP contribution is 2.22. The number of nitrogens with one attached hydrogen (secondary N) is 1. The summed E-state index contributed by atoms with van der Waals surface area (Å²) in [6, 6.07) is 6.82. The molecule has 7 heteroatoms. The van der Waals surface area contributed by atoms with Gasteiger partial charge in [-0.15, -0.1) is 0 Å². The number of esters is 1. The number of ether oxygens (including phenoxy) is 2. The second-order valence-electron chi connectivity index (χ2n) is 6.79. The highest BCUT2D eigenvalue weighted by molar-refractivity contribution is 5.96. The van der Waals surface area contributed by atoms with Crippen LogP contribution in [0.5, 0.6) is 5.75 Å². The van der Waals surface area contributed by atoms with Gasteiger partial charge in [0.25, 0.3) is 11.8 Å². The summed E-state index contributed by atoms with van der Waals surface area (Å²) < 4.78 is 10.3. The lowest BCUT2D eigenvalue weighted by atomic mass is 9.94. The van der Waals surface area contributed by atoms with Crippen molar-refractivity contribution in [1.29, 1.82) is 0 Å². The standard InChI is InChI=1S/C20H28N2O5/c1-14(20(25)22(2)16-9-5-4-6-10-16)27-18(23)13-21-19(24)15-8-7-11-17(12-15)26-3/h7-8,11-12,14,16H,4-6,9-10,13H2,1-3H3,(H,21,24)/t14-/m1/s1. The van der Waals surface area contributed by atoms with Crippen LogP contribution >= 0.6 is 0 Å². The van der Waals surface area contributed by atoms with Gasteiger partial charge >= 0.3 is 5.97 Å². The van der Waals surface area contributed by atoms with E-state index in [1.54, 1.807) is 43.1 Å². The van der Waals surface area contributed by atoms with Crippen LogP contribution in [0, 0.1) is 0 Å². The molecule has 1 aliphatic carbocycles. The molecule has 0 spiro atoms. The van der Waals surface area contributed by atoms with Crippen molar-refractivity contribution in [2.24, 2.45) is 0 Å². The molecular formula is C20H28N2O5. The molecule has 1 N–H and O–H groups in total.